The van der Waals surface area contributed by atoms with E-state index >= 15 is 0 Å². The molecule has 3 heterocycles. The lowest BCUT2D eigenvalue weighted by Gasteiger charge is -2.34. The minimum atomic E-state index is -2.95. The summed E-state index contributed by atoms with van der Waals surface area (Å²) in [6.07, 6.45) is -1.50. The van der Waals surface area contributed by atoms with Gasteiger partial charge in [-0.15, -0.1) is 0 Å². The van der Waals surface area contributed by atoms with Crippen LogP contribution in [0.3, 0.4) is 0 Å². The van der Waals surface area contributed by atoms with Crippen LogP contribution >= 0.6 is 0 Å². The van der Waals surface area contributed by atoms with E-state index < -0.39 is 65.9 Å². The monoisotopic (exact) mass is 588 g/mol. The molecule has 1 aliphatic carbocycles. The lowest BCUT2D eigenvalue weighted by molar-refractivity contribution is -0.139. The Morgan fingerprint density at radius 2 is 1.90 bits per heavy atom. The lowest BCUT2D eigenvalue weighted by Crippen LogP contribution is -2.56. The Kier molecular flexibility index (Phi) is 8.02. The fourth-order valence-corrected chi connectivity index (χ4v) is 5.83. The fourth-order valence-electron chi connectivity index (χ4n) is 5.83. The van der Waals surface area contributed by atoms with Gasteiger partial charge >= 0.3 is 6.09 Å². The maximum Gasteiger partial charge on any atom is 0.408 e. The second-order valence-corrected chi connectivity index (χ2v) is 12.8. The number of alkyl halides is 2. The van der Waals surface area contributed by atoms with Gasteiger partial charge in [-0.2, -0.15) is 0 Å². The van der Waals surface area contributed by atoms with E-state index in [1.807, 2.05) is 0 Å². The van der Waals surface area contributed by atoms with Crippen molar-refractivity contribution in [2.75, 3.05) is 13.7 Å². The van der Waals surface area contributed by atoms with Crippen LogP contribution in [0.5, 0.6) is 11.6 Å². The molecule has 1 aromatic carbocycles. The van der Waals surface area contributed by atoms with E-state index in [1.54, 1.807) is 45.9 Å². The van der Waals surface area contributed by atoms with Crippen molar-refractivity contribution in [3.8, 4) is 11.6 Å². The summed E-state index contributed by atoms with van der Waals surface area (Å²) in [6.45, 7) is 7.23. The number of amides is 2. The van der Waals surface area contributed by atoms with E-state index in [0.29, 0.717) is 35.2 Å². The number of nitrogens with one attached hydrogen (secondary N) is 1. The number of ether oxygens (including phenoxy) is 3. The first-order chi connectivity index (χ1) is 19.8. The number of methoxy groups -OCH3 is 1. The summed E-state index contributed by atoms with van der Waals surface area (Å²) in [7, 11) is 1.54. The van der Waals surface area contributed by atoms with Crippen LogP contribution in [0.25, 0.3) is 11.0 Å². The minimum Gasteiger partial charge on any atom is -0.497 e. The second-order valence-electron chi connectivity index (χ2n) is 12.8. The third kappa shape index (κ3) is 6.27. The molecule has 42 heavy (non-hydrogen) atoms. The van der Waals surface area contributed by atoms with Gasteiger partial charge in [0.15, 0.2) is 0 Å². The summed E-state index contributed by atoms with van der Waals surface area (Å²) in [5.41, 5.74) is 0.757. The van der Waals surface area contributed by atoms with Crippen LogP contribution in [-0.4, -0.2) is 77.0 Å². The van der Waals surface area contributed by atoms with E-state index in [0.717, 1.165) is 0 Å². The van der Waals surface area contributed by atoms with Crippen molar-refractivity contribution in [2.24, 2.45) is 17.3 Å². The normalized spacial score (nSPS) is 30.1. The first-order valence-corrected chi connectivity index (χ1v) is 14.4. The number of hydrogen-bond acceptors (Lipinski definition) is 8. The van der Waals surface area contributed by atoms with Crippen molar-refractivity contribution in [3.05, 3.63) is 23.9 Å². The summed E-state index contributed by atoms with van der Waals surface area (Å²) in [5.74, 6) is -3.54. The molecule has 2 aliphatic heterocycles. The average Bonchev–Trinajstić information content (AvgIpc) is 3.55. The largest absolute Gasteiger partial charge is 0.497 e. The number of aldehydes is 1. The van der Waals surface area contributed by atoms with E-state index in [-0.39, 0.29) is 31.7 Å². The van der Waals surface area contributed by atoms with Gasteiger partial charge in [0.1, 0.15) is 36.0 Å². The SMILES string of the molecule is COc1ccc2nc3c(nc2c1)O[C@H]1CN(C(=O)[C@H](C(C)(C)C)NC(=O)O[C@@H]2C[C@H]2CC(F)(F)CCC3)[C@H](C=O)[C@@H]1C. The van der Waals surface area contributed by atoms with Crippen LogP contribution in [0.15, 0.2) is 18.2 Å². The second kappa shape index (κ2) is 11.3. The number of alkyl carbamates (subject to hydrolysis) is 1. The van der Waals surface area contributed by atoms with E-state index in [4.69, 9.17) is 19.2 Å². The van der Waals surface area contributed by atoms with Gasteiger partial charge in [-0.25, -0.2) is 23.5 Å². The highest BCUT2D eigenvalue weighted by molar-refractivity contribution is 5.89. The minimum absolute atomic E-state index is 0.0623. The maximum atomic E-state index is 14.9. The molecule has 3 aliphatic rings. The Hall–Kier alpha value is -3.57. The topological polar surface area (TPSA) is 120 Å². The zero-order chi connectivity index (χ0) is 30.4. The van der Waals surface area contributed by atoms with Gasteiger partial charge in [-0.05, 0) is 36.8 Å². The molecule has 1 N–H and O–H groups in total. The Balaban J connectivity index is 1.52. The number of hydrogen-bond donors (Lipinski definition) is 1. The van der Waals surface area contributed by atoms with Crippen LogP contribution in [0.1, 0.15) is 59.1 Å². The molecule has 2 amide bonds. The molecule has 10 nitrogen and oxygen atoms in total. The smallest absolute Gasteiger partial charge is 0.408 e. The molecule has 12 heteroatoms. The third-order valence-electron chi connectivity index (χ3n) is 8.46. The van der Waals surface area contributed by atoms with Crippen molar-refractivity contribution < 1.29 is 37.4 Å². The molecule has 0 unspecified atom stereocenters. The molecular formula is C30H38F2N4O6. The Morgan fingerprint density at radius 1 is 1.14 bits per heavy atom. The maximum absolute atomic E-state index is 14.9. The average molecular weight is 589 g/mol. The Morgan fingerprint density at radius 3 is 2.60 bits per heavy atom. The molecule has 1 aromatic heterocycles. The number of aryl methyl sites for hydroxylation is 1. The molecule has 0 spiro atoms. The number of benzene rings is 1. The predicted octanol–water partition coefficient (Wildman–Crippen LogP) is 4.32. The number of carbonyl (C=O) groups excluding carboxylic acids is 3. The number of halogens is 2. The van der Waals surface area contributed by atoms with Crippen LogP contribution in [-0.2, 0) is 20.7 Å². The zero-order valence-corrected chi connectivity index (χ0v) is 24.6. The van der Waals surface area contributed by atoms with Crippen LogP contribution in [0.4, 0.5) is 13.6 Å². The number of nitrogens with zero attached hydrogens (tertiary/aromatic N) is 3. The molecule has 2 aromatic rings. The molecule has 0 radical (unpaired) electrons. The summed E-state index contributed by atoms with van der Waals surface area (Å²) < 4.78 is 47.0. The van der Waals surface area contributed by atoms with E-state index in [1.165, 1.54) is 12.0 Å². The summed E-state index contributed by atoms with van der Waals surface area (Å²) >= 11 is 0. The standard InChI is InChI=1S/C30H38F2N4O6/c1-16-22(15-37)36-14-24(16)41-26-20(33-19-9-8-18(40-5)12-21(19)34-26)7-6-10-30(31,32)13-17-11-23(17)42-28(39)35-25(27(36)38)29(2,3)4/h8-9,12,15-17,22-25H,6-7,10-11,13-14H2,1-5H3,(H,35,39)/t16-,17-,22+,23+,24-,25+/m0/s1. The summed E-state index contributed by atoms with van der Waals surface area (Å²) in [6, 6.07) is 3.36. The van der Waals surface area contributed by atoms with Gasteiger partial charge in [0.25, 0.3) is 0 Å². The summed E-state index contributed by atoms with van der Waals surface area (Å²) in [4.78, 5) is 49.7. The van der Waals surface area contributed by atoms with Gasteiger partial charge in [0.2, 0.25) is 17.7 Å². The molecule has 228 valence electrons. The number of aromatic nitrogens is 2. The van der Waals surface area contributed by atoms with Gasteiger partial charge in [0.05, 0.1) is 30.7 Å². The zero-order valence-electron chi connectivity index (χ0n) is 24.6. The quantitative estimate of drug-likeness (QED) is 0.515. The van der Waals surface area contributed by atoms with Gasteiger partial charge in [0, 0.05) is 30.7 Å². The lowest BCUT2D eigenvalue weighted by atomic mass is 9.85. The van der Waals surface area contributed by atoms with Crippen molar-refractivity contribution >= 4 is 29.3 Å². The number of carbonyl (C=O) groups is 3. The van der Waals surface area contributed by atoms with Crippen molar-refractivity contribution in [2.45, 2.75) is 90.0 Å². The highest BCUT2D eigenvalue weighted by atomic mass is 19.3. The molecule has 6 atom stereocenters. The van der Waals surface area contributed by atoms with Crippen molar-refractivity contribution in [1.82, 2.24) is 20.2 Å². The van der Waals surface area contributed by atoms with E-state index in [2.05, 4.69) is 10.3 Å². The molecular weight excluding hydrogens is 550 g/mol. The fraction of sp³-hybridized carbons (Fsp3) is 0.633. The Bertz CT molecular complexity index is 1370. The third-order valence-corrected chi connectivity index (χ3v) is 8.46. The van der Waals surface area contributed by atoms with Crippen molar-refractivity contribution in [1.29, 1.82) is 0 Å². The Labute approximate surface area is 243 Å². The highest BCUT2D eigenvalue weighted by Crippen LogP contribution is 2.44. The van der Waals surface area contributed by atoms with Gasteiger partial charge < -0.3 is 29.2 Å². The first kappa shape index (κ1) is 29.9. The van der Waals surface area contributed by atoms with Crippen molar-refractivity contribution in [3.63, 3.8) is 0 Å². The molecule has 5 rings (SSSR count). The first-order valence-electron chi connectivity index (χ1n) is 14.4. The molecule has 2 bridgehead atoms. The predicted molar refractivity (Wildman–Crippen MR) is 148 cm³/mol. The van der Waals surface area contributed by atoms with Crippen LogP contribution in [0, 0.1) is 17.3 Å². The number of fused-ring (bicyclic) bond motifs is 5. The van der Waals surface area contributed by atoms with Gasteiger partial charge in [-0.1, -0.05) is 27.7 Å². The molecule has 1 saturated heterocycles. The van der Waals surface area contributed by atoms with Gasteiger partial charge in [-0.3, -0.25) is 4.79 Å². The van der Waals surface area contributed by atoms with Crippen LogP contribution in [0.2, 0.25) is 0 Å². The number of rotatable bonds is 2. The molecule has 1 saturated carbocycles. The summed E-state index contributed by atoms with van der Waals surface area (Å²) in [5, 5.41) is 2.65. The molecule has 2 fully saturated rings. The highest BCUT2D eigenvalue weighted by Gasteiger charge is 2.50. The van der Waals surface area contributed by atoms with Crippen LogP contribution < -0.4 is 14.8 Å². The van der Waals surface area contributed by atoms with E-state index in [9.17, 15) is 23.2 Å².